The minimum Gasteiger partial charge on any atom is -0.399 e. The van der Waals surface area contributed by atoms with E-state index in [1.165, 1.54) is 5.56 Å². The molecule has 0 saturated heterocycles. The van der Waals surface area contributed by atoms with Crippen molar-refractivity contribution in [1.29, 1.82) is 0 Å². The summed E-state index contributed by atoms with van der Waals surface area (Å²) in [6.45, 7) is 0. The van der Waals surface area contributed by atoms with Gasteiger partial charge in [-0.1, -0.05) is 31.9 Å². The van der Waals surface area contributed by atoms with E-state index in [1.807, 2.05) is 18.2 Å². The Bertz CT molecular complexity index is 215. The molecule has 0 aliphatic heterocycles. The van der Waals surface area contributed by atoms with Crippen LogP contribution < -0.4 is 5.73 Å². The van der Waals surface area contributed by atoms with Crippen molar-refractivity contribution in [3.8, 4) is 0 Å². The van der Waals surface area contributed by atoms with Crippen LogP contribution >= 0.6 is 31.9 Å². The van der Waals surface area contributed by atoms with Crippen LogP contribution in [0.15, 0.2) is 22.7 Å². The summed E-state index contributed by atoms with van der Waals surface area (Å²) in [7, 11) is 0. The van der Waals surface area contributed by atoms with E-state index in [4.69, 9.17) is 5.73 Å². The number of halogens is 2. The van der Waals surface area contributed by atoms with E-state index in [1.54, 1.807) is 0 Å². The highest BCUT2D eigenvalue weighted by Gasteiger charge is 1.93. The predicted octanol–water partition coefficient (Wildman–Crippen LogP) is 2.93. The Labute approximate surface area is 76.9 Å². The molecule has 0 aliphatic carbocycles. The largest absolute Gasteiger partial charge is 0.399 e. The number of hydrogen-bond donors (Lipinski definition) is 1. The fourth-order valence-electron chi connectivity index (χ4n) is 0.753. The van der Waals surface area contributed by atoms with E-state index in [2.05, 4.69) is 31.9 Å². The van der Waals surface area contributed by atoms with Crippen LogP contribution in [-0.2, 0) is 5.33 Å². The zero-order chi connectivity index (χ0) is 7.56. The standard InChI is InChI=1S/C7H7Br2N/c8-4-5-1-6(9)3-7(10)2-5/h1-3H,4,10H2. The van der Waals surface area contributed by atoms with Gasteiger partial charge in [-0.2, -0.15) is 0 Å². The summed E-state index contributed by atoms with van der Waals surface area (Å²) in [4.78, 5) is 0. The highest BCUT2D eigenvalue weighted by Crippen LogP contribution is 2.18. The van der Waals surface area contributed by atoms with Gasteiger partial charge in [-0.15, -0.1) is 0 Å². The molecular weight excluding hydrogens is 258 g/mol. The van der Waals surface area contributed by atoms with Crippen LogP contribution in [-0.4, -0.2) is 0 Å². The molecule has 3 heteroatoms. The number of hydrogen-bond acceptors (Lipinski definition) is 1. The van der Waals surface area contributed by atoms with Crippen LogP contribution in [0, 0.1) is 0 Å². The molecule has 1 aromatic rings. The third-order valence-electron chi connectivity index (χ3n) is 1.13. The van der Waals surface area contributed by atoms with Crippen LogP contribution in [0.5, 0.6) is 0 Å². The van der Waals surface area contributed by atoms with Crippen LogP contribution in [0.3, 0.4) is 0 Å². The lowest BCUT2D eigenvalue weighted by Crippen LogP contribution is -1.86. The second kappa shape index (κ2) is 3.39. The average molecular weight is 265 g/mol. The van der Waals surface area contributed by atoms with Crippen LogP contribution in [0.2, 0.25) is 0 Å². The Morgan fingerprint density at radius 3 is 2.50 bits per heavy atom. The quantitative estimate of drug-likeness (QED) is 0.613. The Kier molecular flexibility index (Phi) is 2.74. The van der Waals surface area contributed by atoms with Gasteiger partial charge in [0.15, 0.2) is 0 Å². The third kappa shape index (κ3) is 1.99. The average Bonchev–Trinajstić information content (AvgIpc) is 1.85. The van der Waals surface area contributed by atoms with Crippen molar-refractivity contribution in [1.82, 2.24) is 0 Å². The van der Waals surface area contributed by atoms with Gasteiger partial charge in [0, 0.05) is 15.5 Å². The predicted molar refractivity (Wildman–Crippen MR) is 51.2 cm³/mol. The van der Waals surface area contributed by atoms with E-state index < -0.39 is 0 Å². The van der Waals surface area contributed by atoms with Gasteiger partial charge in [-0.3, -0.25) is 0 Å². The molecule has 0 radical (unpaired) electrons. The van der Waals surface area contributed by atoms with Gasteiger partial charge < -0.3 is 5.73 Å². The maximum atomic E-state index is 5.58. The van der Waals surface area contributed by atoms with Crippen molar-refractivity contribution in [2.45, 2.75) is 5.33 Å². The molecule has 10 heavy (non-hydrogen) atoms. The normalized spacial score (nSPS) is 9.80. The smallest absolute Gasteiger partial charge is 0.0328 e. The first-order chi connectivity index (χ1) is 4.72. The molecule has 0 aromatic heterocycles. The summed E-state index contributed by atoms with van der Waals surface area (Å²) < 4.78 is 1.03. The number of alkyl halides is 1. The van der Waals surface area contributed by atoms with E-state index in [9.17, 15) is 0 Å². The number of nitrogen functional groups attached to an aromatic ring is 1. The van der Waals surface area contributed by atoms with E-state index in [-0.39, 0.29) is 0 Å². The Morgan fingerprint density at radius 2 is 2.00 bits per heavy atom. The number of benzene rings is 1. The molecular formula is C7H7Br2N. The summed E-state index contributed by atoms with van der Waals surface area (Å²) in [5.41, 5.74) is 7.57. The molecule has 0 aliphatic rings. The van der Waals surface area contributed by atoms with E-state index >= 15 is 0 Å². The molecule has 0 heterocycles. The lowest BCUT2D eigenvalue weighted by Gasteiger charge is -1.98. The molecule has 1 aromatic carbocycles. The van der Waals surface area contributed by atoms with Crippen LogP contribution in [0.25, 0.3) is 0 Å². The first kappa shape index (κ1) is 8.08. The highest BCUT2D eigenvalue weighted by molar-refractivity contribution is 9.10. The Morgan fingerprint density at radius 1 is 1.30 bits per heavy atom. The number of rotatable bonds is 1. The maximum absolute atomic E-state index is 5.58. The zero-order valence-corrected chi connectivity index (χ0v) is 8.44. The second-order valence-electron chi connectivity index (χ2n) is 2.03. The summed E-state index contributed by atoms with van der Waals surface area (Å²) in [5, 5.41) is 0.844. The van der Waals surface area contributed by atoms with Gasteiger partial charge in [0.05, 0.1) is 0 Å². The topological polar surface area (TPSA) is 26.0 Å². The molecule has 1 nitrogen and oxygen atoms in total. The van der Waals surface area contributed by atoms with Crippen molar-refractivity contribution in [2.75, 3.05) is 5.73 Å². The molecule has 54 valence electrons. The Balaban J connectivity index is 3.06. The molecule has 0 saturated carbocycles. The molecule has 1 rings (SSSR count). The van der Waals surface area contributed by atoms with Crippen molar-refractivity contribution < 1.29 is 0 Å². The van der Waals surface area contributed by atoms with Crippen molar-refractivity contribution in [3.05, 3.63) is 28.2 Å². The SMILES string of the molecule is Nc1cc(Br)cc(CBr)c1. The molecule has 0 amide bonds. The number of anilines is 1. The molecule has 0 fully saturated rings. The summed E-state index contributed by atoms with van der Waals surface area (Å²) in [6, 6.07) is 5.86. The molecule has 0 bridgehead atoms. The monoisotopic (exact) mass is 263 g/mol. The van der Waals surface area contributed by atoms with Gasteiger partial charge in [0.2, 0.25) is 0 Å². The molecule has 2 N–H and O–H groups in total. The summed E-state index contributed by atoms with van der Waals surface area (Å²) >= 11 is 6.70. The fraction of sp³-hybridized carbons (Fsp3) is 0.143. The zero-order valence-electron chi connectivity index (χ0n) is 5.27. The van der Waals surface area contributed by atoms with Gasteiger partial charge in [0.25, 0.3) is 0 Å². The van der Waals surface area contributed by atoms with E-state index in [0.717, 1.165) is 15.5 Å². The first-order valence-corrected chi connectivity index (χ1v) is 4.74. The Hall–Kier alpha value is -0.0200. The van der Waals surface area contributed by atoms with Crippen molar-refractivity contribution in [2.24, 2.45) is 0 Å². The van der Waals surface area contributed by atoms with Gasteiger partial charge >= 0.3 is 0 Å². The van der Waals surface area contributed by atoms with Crippen molar-refractivity contribution >= 4 is 37.5 Å². The number of nitrogens with two attached hydrogens (primary N) is 1. The maximum Gasteiger partial charge on any atom is 0.0328 e. The minimum absolute atomic E-state index is 0.795. The molecule has 0 atom stereocenters. The fourth-order valence-corrected chi connectivity index (χ4v) is 1.63. The van der Waals surface area contributed by atoms with Gasteiger partial charge in [0.1, 0.15) is 0 Å². The second-order valence-corrected chi connectivity index (χ2v) is 3.50. The van der Waals surface area contributed by atoms with Crippen LogP contribution in [0.4, 0.5) is 5.69 Å². The lowest BCUT2D eigenvalue weighted by atomic mass is 10.2. The van der Waals surface area contributed by atoms with Gasteiger partial charge in [-0.05, 0) is 23.8 Å². The van der Waals surface area contributed by atoms with Gasteiger partial charge in [-0.25, -0.2) is 0 Å². The molecule has 0 spiro atoms. The first-order valence-electron chi connectivity index (χ1n) is 2.83. The van der Waals surface area contributed by atoms with E-state index in [0.29, 0.717) is 0 Å². The summed E-state index contributed by atoms with van der Waals surface area (Å²) in [6.07, 6.45) is 0. The lowest BCUT2D eigenvalue weighted by molar-refractivity contribution is 1.42. The molecule has 0 unspecified atom stereocenters. The minimum atomic E-state index is 0.795. The summed E-state index contributed by atoms with van der Waals surface area (Å²) in [5.74, 6) is 0. The van der Waals surface area contributed by atoms with Crippen LogP contribution in [0.1, 0.15) is 5.56 Å². The van der Waals surface area contributed by atoms with Crippen molar-refractivity contribution in [3.63, 3.8) is 0 Å². The highest BCUT2D eigenvalue weighted by atomic mass is 79.9. The third-order valence-corrected chi connectivity index (χ3v) is 2.24.